The van der Waals surface area contributed by atoms with E-state index in [1.54, 1.807) is 12.1 Å². The van der Waals surface area contributed by atoms with E-state index in [1.165, 1.54) is 6.21 Å². The highest BCUT2D eigenvalue weighted by molar-refractivity contribution is 6.32. The fourth-order valence-electron chi connectivity index (χ4n) is 2.05. The number of halogens is 1. The summed E-state index contributed by atoms with van der Waals surface area (Å²) in [5.74, 6) is 1.01. The lowest BCUT2D eigenvalue weighted by atomic mass is 10.1. The smallest absolute Gasteiger partial charge is 0.180 e. The minimum atomic E-state index is 0.403. The van der Waals surface area contributed by atoms with Gasteiger partial charge in [-0.05, 0) is 37.1 Å². The molecule has 4 nitrogen and oxygen atoms in total. The molecule has 0 radical (unpaired) electrons. The number of rotatable bonds is 6. The number of hydrogen-bond donors (Lipinski definition) is 1. The molecule has 116 valence electrons. The van der Waals surface area contributed by atoms with Gasteiger partial charge in [0.25, 0.3) is 0 Å². The van der Waals surface area contributed by atoms with Gasteiger partial charge in [-0.15, -0.1) is 0 Å². The van der Waals surface area contributed by atoms with Gasteiger partial charge >= 0.3 is 0 Å². The molecule has 0 saturated carbocycles. The van der Waals surface area contributed by atoms with E-state index in [2.05, 4.69) is 5.16 Å². The van der Waals surface area contributed by atoms with Gasteiger partial charge in [-0.1, -0.05) is 41.0 Å². The molecule has 0 bridgehead atoms. The van der Waals surface area contributed by atoms with Gasteiger partial charge in [-0.3, -0.25) is 0 Å². The van der Waals surface area contributed by atoms with Crippen LogP contribution in [0.15, 0.2) is 41.6 Å². The lowest BCUT2D eigenvalue weighted by Crippen LogP contribution is -2.02. The largest absolute Gasteiger partial charge is 0.490 e. The minimum Gasteiger partial charge on any atom is -0.490 e. The Morgan fingerprint density at radius 3 is 2.68 bits per heavy atom. The van der Waals surface area contributed by atoms with Crippen molar-refractivity contribution < 1.29 is 14.7 Å². The van der Waals surface area contributed by atoms with E-state index in [0.29, 0.717) is 35.3 Å². The molecular formula is C17H18ClNO3. The number of ether oxygens (including phenoxy) is 2. The van der Waals surface area contributed by atoms with Gasteiger partial charge in [-0.2, -0.15) is 0 Å². The Hall–Kier alpha value is -2.20. The molecule has 0 heterocycles. The molecule has 0 amide bonds. The zero-order valence-electron chi connectivity index (χ0n) is 12.5. The van der Waals surface area contributed by atoms with Gasteiger partial charge in [0.05, 0.1) is 17.8 Å². The molecule has 5 heteroatoms. The second kappa shape index (κ2) is 7.71. The van der Waals surface area contributed by atoms with Crippen LogP contribution >= 0.6 is 11.6 Å². The molecule has 0 unspecified atom stereocenters. The first-order chi connectivity index (χ1) is 10.7. The third-order valence-electron chi connectivity index (χ3n) is 3.17. The SMILES string of the molecule is CCOc1cc(/C=N/O)cc(Cl)c1OCc1ccccc1C. The molecule has 0 aliphatic carbocycles. The highest BCUT2D eigenvalue weighted by atomic mass is 35.5. The quantitative estimate of drug-likeness (QED) is 0.486. The average molecular weight is 320 g/mol. The number of oxime groups is 1. The third-order valence-corrected chi connectivity index (χ3v) is 3.45. The summed E-state index contributed by atoms with van der Waals surface area (Å²) in [6, 6.07) is 11.4. The van der Waals surface area contributed by atoms with Crippen LogP contribution in [-0.4, -0.2) is 18.0 Å². The molecule has 2 rings (SSSR count). The highest BCUT2D eigenvalue weighted by Gasteiger charge is 2.13. The highest BCUT2D eigenvalue weighted by Crippen LogP contribution is 2.37. The number of nitrogens with zero attached hydrogens (tertiary/aromatic N) is 1. The fraction of sp³-hybridized carbons (Fsp3) is 0.235. The van der Waals surface area contributed by atoms with E-state index >= 15 is 0 Å². The second-order valence-electron chi connectivity index (χ2n) is 4.72. The van der Waals surface area contributed by atoms with E-state index in [0.717, 1.165) is 11.1 Å². The molecular weight excluding hydrogens is 302 g/mol. The lowest BCUT2D eigenvalue weighted by molar-refractivity contribution is 0.269. The molecule has 0 spiro atoms. The van der Waals surface area contributed by atoms with E-state index in [1.807, 2.05) is 38.1 Å². The Morgan fingerprint density at radius 1 is 1.23 bits per heavy atom. The van der Waals surface area contributed by atoms with Crippen LogP contribution in [0.2, 0.25) is 5.02 Å². The van der Waals surface area contributed by atoms with Crippen LogP contribution in [0, 0.1) is 6.92 Å². The molecule has 0 aliphatic rings. The first-order valence-electron chi connectivity index (χ1n) is 6.96. The summed E-state index contributed by atoms with van der Waals surface area (Å²) < 4.78 is 11.4. The van der Waals surface area contributed by atoms with Crippen LogP contribution in [0.1, 0.15) is 23.6 Å². The topological polar surface area (TPSA) is 51.0 Å². The Kier molecular flexibility index (Phi) is 5.67. The average Bonchev–Trinajstić information content (AvgIpc) is 2.49. The standard InChI is InChI=1S/C17H18ClNO3/c1-3-21-16-9-13(10-19-20)8-15(18)17(16)22-11-14-7-5-4-6-12(14)2/h4-10,20H,3,11H2,1-2H3/b19-10+. The summed E-state index contributed by atoms with van der Waals surface area (Å²) >= 11 is 6.26. The summed E-state index contributed by atoms with van der Waals surface area (Å²) in [7, 11) is 0. The summed E-state index contributed by atoms with van der Waals surface area (Å²) in [6.07, 6.45) is 1.29. The maximum Gasteiger partial charge on any atom is 0.180 e. The Morgan fingerprint density at radius 2 is 2.00 bits per heavy atom. The van der Waals surface area contributed by atoms with Crippen LogP contribution in [0.4, 0.5) is 0 Å². The van der Waals surface area contributed by atoms with Crippen molar-refractivity contribution in [2.45, 2.75) is 20.5 Å². The van der Waals surface area contributed by atoms with Crippen LogP contribution in [-0.2, 0) is 6.61 Å². The maximum absolute atomic E-state index is 8.64. The van der Waals surface area contributed by atoms with Crippen molar-refractivity contribution in [1.82, 2.24) is 0 Å². The molecule has 2 aromatic rings. The van der Waals surface area contributed by atoms with E-state index < -0.39 is 0 Å². The number of aryl methyl sites for hydroxylation is 1. The number of hydrogen-bond acceptors (Lipinski definition) is 4. The first kappa shape index (κ1) is 16.2. The van der Waals surface area contributed by atoms with Crippen molar-refractivity contribution in [3.63, 3.8) is 0 Å². The first-order valence-corrected chi connectivity index (χ1v) is 7.34. The molecule has 0 saturated heterocycles. The zero-order chi connectivity index (χ0) is 15.9. The summed E-state index contributed by atoms with van der Waals surface area (Å²) in [4.78, 5) is 0. The fourth-order valence-corrected chi connectivity index (χ4v) is 2.33. The van der Waals surface area contributed by atoms with Crippen molar-refractivity contribution in [3.8, 4) is 11.5 Å². The Bertz CT molecular complexity index is 671. The van der Waals surface area contributed by atoms with Crippen molar-refractivity contribution in [2.24, 2.45) is 5.16 Å². The zero-order valence-corrected chi connectivity index (χ0v) is 13.3. The van der Waals surface area contributed by atoms with Crippen molar-refractivity contribution in [2.75, 3.05) is 6.61 Å². The van der Waals surface area contributed by atoms with E-state index in [-0.39, 0.29) is 0 Å². The molecule has 1 N–H and O–H groups in total. The normalized spacial score (nSPS) is 10.9. The van der Waals surface area contributed by atoms with Crippen LogP contribution in [0.25, 0.3) is 0 Å². The van der Waals surface area contributed by atoms with Gasteiger partial charge in [0.15, 0.2) is 11.5 Å². The van der Waals surface area contributed by atoms with E-state index in [4.69, 9.17) is 26.3 Å². The molecule has 2 aromatic carbocycles. The number of benzene rings is 2. The second-order valence-corrected chi connectivity index (χ2v) is 5.13. The lowest BCUT2D eigenvalue weighted by Gasteiger charge is -2.15. The van der Waals surface area contributed by atoms with Crippen LogP contribution in [0.5, 0.6) is 11.5 Å². The van der Waals surface area contributed by atoms with Crippen molar-refractivity contribution >= 4 is 17.8 Å². The van der Waals surface area contributed by atoms with Crippen LogP contribution in [0.3, 0.4) is 0 Å². The molecule has 0 fully saturated rings. The molecule has 0 atom stereocenters. The maximum atomic E-state index is 8.64. The Labute approximate surface area is 134 Å². The summed E-state index contributed by atoms with van der Waals surface area (Å²) in [5.41, 5.74) is 2.88. The summed E-state index contributed by atoms with van der Waals surface area (Å²) in [5, 5.41) is 12.1. The van der Waals surface area contributed by atoms with Crippen molar-refractivity contribution in [1.29, 1.82) is 0 Å². The molecule has 22 heavy (non-hydrogen) atoms. The molecule has 0 aromatic heterocycles. The Balaban J connectivity index is 2.27. The van der Waals surface area contributed by atoms with Gasteiger partial charge in [0.1, 0.15) is 6.61 Å². The predicted molar refractivity (Wildman–Crippen MR) is 87.5 cm³/mol. The predicted octanol–water partition coefficient (Wildman–Crippen LogP) is 4.43. The van der Waals surface area contributed by atoms with Gasteiger partial charge in [-0.25, -0.2) is 0 Å². The van der Waals surface area contributed by atoms with Gasteiger partial charge in [0.2, 0.25) is 0 Å². The monoisotopic (exact) mass is 319 g/mol. The summed E-state index contributed by atoms with van der Waals surface area (Å²) in [6.45, 7) is 4.80. The van der Waals surface area contributed by atoms with Gasteiger partial charge in [0, 0.05) is 5.56 Å². The third kappa shape index (κ3) is 3.92. The van der Waals surface area contributed by atoms with E-state index in [9.17, 15) is 0 Å². The van der Waals surface area contributed by atoms with Crippen LogP contribution < -0.4 is 9.47 Å². The molecule has 0 aliphatic heterocycles. The van der Waals surface area contributed by atoms with Gasteiger partial charge < -0.3 is 14.7 Å². The van der Waals surface area contributed by atoms with Crippen molar-refractivity contribution in [3.05, 3.63) is 58.1 Å². The minimum absolute atomic E-state index is 0.403.